The van der Waals surface area contributed by atoms with E-state index in [2.05, 4.69) is 14.5 Å². The lowest BCUT2D eigenvalue weighted by atomic mass is 10.3. The summed E-state index contributed by atoms with van der Waals surface area (Å²) in [5, 5.41) is 0. The van der Waals surface area contributed by atoms with E-state index in [-0.39, 0.29) is 15.1 Å². The van der Waals surface area contributed by atoms with E-state index >= 15 is 0 Å². The Morgan fingerprint density at radius 3 is 2.61 bits per heavy atom. The fourth-order valence-electron chi connectivity index (χ4n) is 1.07. The van der Waals surface area contributed by atoms with Gasteiger partial charge in [0.05, 0.1) is 22.3 Å². The van der Waals surface area contributed by atoms with E-state index in [1.54, 1.807) is 22.6 Å². The average Bonchev–Trinajstić information content (AvgIpc) is 2.28. The number of alkyl halides is 4. The fourth-order valence-corrected chi connectivity index (χ4v) is 1.93. The Kier molecular flexibility index (Phi) is 5.02. The minimum Gasteiger partial charge on any atom is -0.464 e. The van der Waals surface area contributed by atoms with Crippen LogP contribution in [0.4, 0.5) is 13.2 Å². The summed E-state index contributed by atoms with van der Waals surface area (Å²) in [6.07, 6.45) is -4.92. The van der Waals surface area contributed by atoms with Gasteiger partial charge in [0, 0.05) is 0 Å². The summed E-state index contributed by atoms with van der Waals surface area (Å²) >= 11 is 7.12. The van der Waals surface area contributed by atoms with Gasteiger partial charge in [-0.05, 0) is 28.7 Å². The van der Waals surface area contributed by atoms with Crippen LogP contribution in [0.3, 0.4) is 0 Å². The van der Waals surface area contributed by atoms with Crippen LogP contribution >= 0.6 is 34.2 Å². The Balaban J connectivity index is 3.33. The molecule has 0 saturated heterocycles. The van der Waals surface area contributed by atoms with Gasteiger partial charge in [-0.3, -0.25) is 0 Å². The number of nitrogens with zero attached hydrogens (tertiary/aromatic N) is 1. The summed E-state index contributed by atoms with van der Waals surface area (Å²) < 4.78 is 44.8. The van der Waals surface area contributed by atoms with Crippen molar-refractivity contribution in [1.82, 2.24) is 4.98 Å². The van der Waals surface area contributed by atoms with E-state index in [9.17, 15) is 18.0 Å². The van der Waals surface area contributed by atoms with E-state index in [0.29, 0.717) is 0 Å². The molecule has 9 heteroatoms. The van der Waals surface area contributed by atoms with Crippen LogP contribution in [0.25, 0.3) is 0 Å². The predicted molar refractivity (Wildman–Crippen MR) is 64.5 cm³/mol. The number of esters is 1. The molecule has 0 bridgehead atoms. The van der Waals surface area contributed by atoms with E-state index in [4.69, 9.17) is 11.6 Å². The molecule has 0 aromatic carbocycles. The maximum absolute atomic E-state index is 12.2. The Hall–Kier alpha value is -0.770. The van der Waals surface area contributed by atoms with Crippen LogP contribution in [0, 0.1) is 3.57 Å². The highest BCUT2D eigenvalue weighted by Gasteiger charge is 2.35. The number of halogens is 5. The number of rotatable bonds is 3. The highest BCUT2D eigenvalue weighted by molar-refractivity contribution is 14.1. The van der Waals surface area contributed by atoms with Crippen molar-refractivity contribution in [2.24, 2.45) is 0 Å². The SMILES string of the molecule is COC(=O)c1nc(CCl)cc(I)c1OC(F)(F)F. The van der Waals surface area contributed by atoms with E-state index in [1.807, 2.05) is 0 Å². The molecule has 4 nitrogen and oxygen atoms in total. The van der Waals surface area contributed by atoms with Crippen LogP contribution in [-0.4, -0.2) is 24.4 Å². The smallest absolute Gasteiger partial charge is 0.464 e. The second kappa shape index (κ2) is 5.91. The second-order valence-corrected chi connectivity index (χ2v) is 4.38. The zero-order valence-electron chi connectivity index (χ0n) is 8.85. The molecule has 0 N–H and O–H groups in total. The number of aromatic nitrogens is 1. The standard InChI is InChI=1S/C9H6ClF3INO3/c1-17-8(16)6-7(18-9(11,12)13)5(14)2-4(3-10)15-6/h2H,3H2,1H3. The lowest BCUT2D eigenvalue weighted by Crippen LogP contribution is -2.21. The number of hydrogen-bond donors (Lipinski definition) is 0. The zero-order valence-corrected chi connectivity index (χ0v) is 11.8. The molecule has 1 aromatic rings. The predicted octanol–water partition coefficient (Wildman–Crippen LogP) is 3.11. The van der Waals surface area contributed by atoms with Gasteiger partial charge >= 0.3 is 12.3 Å². The first-order chi connectivity index (χ1) is 8.28. The average molecular weight is 396 g/mol. The maximum Gasteiger partial charge on any atom is 0.573 e. The Morgan fingerprint density at radius 2 is 2.17 bits per heavy atom. The maximum atomic E-state index is 12.2. The molecule has 1 heterocycles. The summed E-state index contributed by atoms with van der Waals surface area (Å²) in [6, 6.07) is 1.29. The molecule has 100 valence electrons. The zero-order chi connectivity index (χ0) is 13.9. The Bertz CT molecular complexity index is 467. The number of hydrogen-bond acceptors (Lipinski definition) is 4. The number of carbonyl (C=O) groups is 1. The number of ether oxygens (including phenoxy) is 2. The first-order valence-corrected chi connectivity index (χ1v) is 5.99. The third kappa shape index (κ3) is 3.87. The van der Waals surface area contributed by atoms with Gasteiger partial charge in [0.1, 0.15) is 0 Å². The molecular formula is C9H6ClF3INO3. The third-order valence-electron chi connectivity index (χ3n) is 1.71. The van der Waals surface area contributed by atoms with Crippen molar-refractivity contribution in [3.05, 3.63) is 21.0 Å². The van der Waals surface area contributed by atoms with Crippen molar-refractivity contribution in [2.75, 3.05) is 7.11 Å². The van der Waals surface area contributed by atoms with Gasteiger partial charge in [-0.25, -0.2) is 9.78 Å². The van der Waals surface area contributed by atoms with Crippen molar-refractivity contribution in [3.63, 3.8) is 0 Å². The van der Waals surface area contributed by atoms with Gasteiger partial charge in [-0.1, -0.05) is 0 Å². The molecular weight excluding hydrogens is 389 g/mol. The van der Waals surface area contributed by atoms with Crippen molar-refractivity contribution in [2.45, 2.75) is 12.2 Å². The first kappa shape index (κ1) is 15.3. The molecule has 0 aliphatic rings. The van der Waals surface area contributed by atoms with Crippen LogP contribution in [0.15, 0.2) is 6.07 Å². The van der Waals surface area contributed by atoms with Gasteiger partial charge in [-0.2, -0.15) is 0 Å². The van der Waals surface area contributed by atoms with Crippen LogP contribution in [0.5, 0.6) is 5.75 Å². The monoisotopic (exact) mass is 395 g/mol. The normalized spacial score (nSPS) is 11.2. The molecule has 1 rings (SSSR count). The topological polar surface area (TPSA) is 48.4 Å². The molecule has 0 amide bonds. The summed E-state index contributed by atoms with van der Waals surface area (Å²) in [4.78, 5) is 15.0. The molecule has 0 atom stereocenters. The Labute approximate surface area is 119 Å². The van der Waals surface area contributed by atoms with Crippen LogP contribution < -0.4 is 4.74 Å². The van der Waals surface area contributed by atoms with Gasteiger partial charge in [-0.15, -0.1) is 24.8 Å². The molecule has 0 aliphatic heterocycles. The summed E-state index contributed by atoms with van der Waals surface area (Å²) in [5.41, 5.74) is -0.312. The molecule has 0 radical (unpaired) electrons. The lowest BCUT2D eigenvalue weighted by molar-refractivity contribution is -0.275. The van der Waals surface area contributed by atoms with Crippen LogP contribution in [0.2, 0.25) is 0 Å². The lowest BCUT2D eigenvalue weighted by Gasteiger charge is -2.14. The van der Waals surface area contributed by atoms with Gasteiger partial charge < -0.3 is 9.47 Å². The van der Waals surface area contributed by atoms with Gasteiger partial charge in [0.15, 0.2) is 11.4 Å². The minimum absolute atomic E-state index is 0.0493. The molecule has 0 aliphatic carbocycles. The number of carbonyl (C=O) groups excluding carboxylic acids is 1. The van der Waals surface area contributed by atoms with Gasteiger partial charge in [0.25, 0.3) is 0 Å². The van der Waals surface area contributed by atoms with Crippen molar-refractivity contribution in [3.8, 4) is 5.75 Å². The highest BCUT2D eigenvalue weighted by Crippen LogP contribution is 2.31. The fraction of sp³-hybridized carbons (Fsp3) is 0.333. The minimum atomic E-state index is -4.92. The highest BCUT2D eigenvalue weighted by atomic mass is 127. The van der Waals surface area contributed by atoms with E-state index < -0.39 is 23.8 Å². The van der Waals surface area contributed by atoms with Crippen LogP contribution in [-0.2, 0) is 10.6 Å². The van der Waals surface area contributed by atoms with Gasteiger partial charge in [0.2, 0.25) is 0 Å². The second-order valence-electron chi connectivity index (χ2n) is 2.95. The largest absolute Gasteiger partial charge is 0.573 e. The number of methoxy groups -OCH3 is 1. The van der Waals surface area contributed by atoms with Crippen LogP contribution in [0.1, 0.15) is 16.2 Å². The molecule has 0 saturated carbocycles. The molecule has 18 heavy (non-hydrogen) atoms. The third-order valence-corrected chi connectivity index (χ3v) is 2.79. The van der Waals surface area contributed by atoms with Crippen molar-refractivity contribution < 1.29 is 27.4 Å². The van der Waals surface area contributed by atoms with Crippen molar-refractivity contribution >= 4 is 40.2 Å². The molecule has 0 unspecified atom stereocenters. The van der Waals surface area contributed by atoms with E-state index in [1.165, 1.54) is 6.07 Å². The molecule has 0 fully saturated rings. The van der Waals surface area contributed by atoms with Crippen molar-refractivity contribution in [1.29, 1.82) is 0 Å². The summed E-state index contributed by atoms with van der Waals surface area (Å²) in [6.45, 7) is 0. The quantitative estimate of drug-likeness (QED) is 0.448. The molecule has 1 aromatic heterocycles. The summed E-state index contributed by atoms with van der Waals surface area (Å²) in [5.74, 6) is -1.77. The van der Waals surface area contributed by atoms with E-state index in [0.717, 1.165) is 7.11 Å². The first-order valence-electron chi connectivity index (χ1n) is 4.38. The summed E-state index contributed by atoms with van der Waals surface area (Å²) in [7, 11) is 1.03. The molecule has 0 spiro atoms. The Morgan fingerprint density at radius 1 is 1.56 bits per heavy atom. The number of pyridine rings is 1.